The first-order valence-corrected chi connectivity index (χ1v) is 5.91. The number of nitrogens with zero attached hydrogens (tertiary/aromatic N) is 1. The van der Waals surface area contributed by atoms with Gasteiger partial charge < -0.3 is 11.1 Å². The molecule has 3 N–H and O–H groups in total. The SMILES string of the molecule is Cc1ccc(C#N)cc1Nc1cc(F)c(Cl)cc1N. The molecule has 2 rings (SSSR count). The van der Waals surface area contributed by atoms with Gasteiger partial charge in [0, 0.05) is 11.8 Å². The largest absolute Gasteiger partial charge is 0.397 e. The van der Waals surface area contributed by atoms with E-state index in [2.05, 4.69) is 5.32 Å². The van der Waals surface area contributed by atoms with Gasteiger partial charge in [0.25, 0.3) is 0 Å². The van der Waals surface area contributed by atoms with E-state index in [9.17, 15) is 4.39 Å². The van der Waals surface area contributed by atoms with Crippen molar-refractivity contribution in [1.29, 1.82) is 5.26 Å². The van der Waals surface area contributed by atoms with Gasteiger partial charge in [0.15, 0.2) is 0 Å². The van der Waals surface area contributed by atoms with Gasteiger partial charge in [-0.3, -0.25) is 0 Å². The Balaban J connectivity index is 2.42. The molecule has 0 aromatic heterocycles. The highest BCUT2D eigenvalue weighted by atomic mass is 35.5. The molecule has 96 valence electrons. The first-order chi connectivity index (χ1) is 9.01. The molecular weight excluding hydrogens is 265 g/mol. The summed E-state index contributed by atoms with van der Waals surface area (Å²) in [5.74, 6) is -0.549. The topological polar surface area (TPSA) is 61.8 Å². The van der Waals surface area contributed by atoms with E-state index < -0.39 is 5.82 Å². The molecule has 0 saturated heterocycles. The van der Waals surface area contributed by atoms with Crippen molar-refractivity contribution in [3.05, 3.63) is 52.3 Å². The molecule has 0 aliphatic heterocycles. The maximum Gasteiger partial charge on any atom is 0.144 e. The fourth-order valence-corrected chi connectivity index (χ4v) is 1.81. The van der Waals surface area contributed by atoms with Crippen LogP contribution in [0.25, 0.3) is 0 Å². The van der Waals surface area contributed by atoms with Crippen LogP contribution in [0.3, 0.4) is 0 Å². The normalized spacial score (nSPS) is 10.0. The number of nitrogens with two attached hydrogens (primary N) is 1. The molecule has 0 amide bonds. The van der Waals surface area contributed by atoms with Crippen molar-refractivity contribution in [2.45, 2.75) is 6.92 Å². The van der Waals surface area contributed by atoms with Crippen LogP contribution in [0, 0.1) is 24.1 Å². The van der Waals surface area contributed by atoms with Crippen molar-refractivity contribution in [3.63, 3.8) is 0 Å². The zero-order valence-electron chi connectivity index (χ0n) is 10.2. The van der Waals surface area contributed by atoms with E-state index in [0.29, 0.717) is 22.6 Å². The number of rotatable bonds is 2. The fraction of sp³-hybridized carbons (Fsp3) is 0.0714. The second-order valence-electron chi connectivity index (χ2n) is 4.12. The number of benzene rings is 2. The second kappa shape index (κ2) is 5.17. The Morgan fingerprint density at radius 3 is 2.68 bits per heavy atom. The maximum absolute atomic E-state index is 13.4. The highest BCUT2D eigenvalue weighted by Crippen LogP contribution is 2.30. The van der Waals surface area contributed by atoms with Gasteiger partial charge in [-0.05, 0) is 30.7 Å². The minimum absolute atomic E-state index is 0.0226. The zero-order chi connectivity index (χ0) is 14.0. The van der Waals surface area contributed by atoms with Crippen LogP contribution in [0.1, 0.15) is 11.1 Å². The van der Waals surface area contributed by atoms with Crippen molar-refractivity contribution < 1.29 is 4.39 Å². The summed E-state index contributed by atoms with van der Waals surface area (Å²) < 4.78 is 13.4. The van der Waals surface area contributed by atoms with Crippen LogP contribution in [0.2, 0.25) is 5.02 Å². The van der Waals surface area contributed by atoms with Gasteiger partial charge in [0.05, 0.1) is 28.0 Å². The number of nitrogen functional groups attached to an aromatic ring is 1. The van der Waals surface area contributed by atoms with E-state index in [-0.39, 0.29) is 5.02 Å². The summed E-state index contributed by atoms with van der Waals surface area (Å²) >= 11 is 5.64. The molecule has 0 aliphatic rings. The van der Waals surface area contributed by atoms with E-state index >= 15 is 0 Å². The summed E-state index contributed by atoms with van der Waals surface area (Å²) in [7, 11) is 0. The molecule has 3 nitrogen and oxygen atoms in total. The summed E-state index contributed by atoms with van der Waals surface area (Å²) in [6.07, 6.45) is 0. The third kappa shape index (κ3) is 2.78. The van der Waals surface area contributed by atoms with E-state index in [1.807, 2.05) is 19.1 Å². The molecule has 0 saturated carbocycles. The molecule has 0 bridgehead atoms. The van der Waals surface area contributed by atoms with Crippen molar-refractivity contribution in [1.82, 2.24) is 0 Å². The van der Waals surface area contributed by atoms with E-state index in [1.54, 1.807) is 12.1 Å². The van der Waals surface area contributed by atoms with Gasteiger partial charge in [0.2, 0.25) is 0 Å². The second-order valence-corrected chi connectivity index (χ2v) is 4.53. The van der Waals surface area contributed by atoms with Gasteiger partial charge in [-0.25, -0.2) is 4.39 Å². The average Bonchev–Trinajstić information content (AvgIpc) is 2.38. The number of nitrogens with one attached hydrogen (secondary N) is 1. The van der Waals surface area contributed by atoms with Crippen LogP contribution in [0.4, 0.5) is 21.5 Å². The average molecular weight is 276 g/mol. The third-order valence-electron chi connectivity index (χ3n) is 2.73. The Kier molecular flexibility index (Phi) is 3.59. The molecule has 0 fully saturated rings. The molecule has 19 heavy (non-hydrogen) atoms. The van der Waals surface area contributed by atoms with Crippen molar-refractivity contribution in [2.75, 3.05) is 11.1 Å². The summed E-state index contributed by atoms with van der Waals surface area (Å²) in [6, 6.07) is 9.84. The molecule has 0 unspecified atom stereocenters. The van der Waals surface area contributed by atoms with Crippen molar-refractivity contribution in [3.8, 4) is 6.07 Å². The number of hydrogen-bond acceptors (Lipinski definition) is 3. The molecule has 0 radical (unpaired) electrons. The predicted molar refractivity (Wildman–Crippen MR) is 75.0 cm³/mol. The molecule has 0 aliphatic carbocycles. The quantitative estimate of drug-likeness (QED) is 0.815. The summed E-state index contributed by atoms with van der Waals surface area (Å²) in [4.78, 5) is 0. The van der Waals surface area contributed by atoms with E-state index in [0.717, 1.165) is 5.56 Å². The zero-order valence-corrected chi connectivity index (χ0v) is 10.9. The van der Waals surface area contributed by atoms with Crippen LogP contribution < -0.4 is 11.1 Å². The monoisotopic (exact) mass is 275 g/mol. The maximum atomic E-state index is 13.4. The molecule has 2 aromatic carbocycles. The molecule has 5 heteroatoms. The highest BCUT2D eigenvalue weighted by Gasteiger charge is 2.08. The number of nitriles is 1. The Morgan fingerprint density at radius 2 is 2.00 bits per heavy atom. The van der Waals surface area contributed by atoms with Crippen LogP contribution in [-0.2, 0) is 0 Å². The van der Waals surface area contributed by atoms with Gasteiger partial charge in [0.1, 0.15) is 5.82 Å². The van der Waals surface area contributed by atoms with Gasteiger partial charge in [-0.1, -0.05) is 17.7 Å². The van der Waals surface area contributed by atoms with Crippen molar-refractivity contribution in [2.24, 2.45) is 0 Å². The Bertz CT molecular complexity index is 677. The molecule has 0 spiro atoms. The van der Waals surface area contributed by atoms with E-state index in [1.165, 1.54) is 12.1 Å². The summed E-state index contributed by atoms with van der Waals surface area (Å²) in [5, 5.41) is 11.9. The third-order valence-corrected chi connectivity index (χ3v) is 3.02. The molecule has 2 aromatic rings. The van der Waals surface area contributed by atoms with Crippen LogP contribution in [-0.4, -0.2) is 0 Å². The summed E-state index contributed by atoms with van der Waals surface area (Å²) in [5.41, 5.74) is 8.68. The van der Waals surface area contributed by atoms with Crippen molar-refractivity contribution >= 4 is 28.7 Å². The first-order valence-electron chi connectivity index (χ1n) is 5.53. The Hall–Kier alpha value is -2.25. The summed E-state index contributed by atoms with van der Waals surface area (Å²) in [6.45, 7) is 1.88. The minimum Gasteiger partial charge on any atom is -0.397 e. The fourth-order valence-electron chi connectivity index (χ4n) is 1.64. The standard InChI is InChI=1S/C14H11ClFN3/c1-8-2-3-9(7-17)4-13(8)19-14-6-11(16)10(15)5-12(14)18/h2-6,19H,18H2,1H3. The van der Waals surface area contributed by atoms with Crippen LogP contribution >= 0.6 is 11.6 Å². The van der Waals surface area contributed by atoms with Crippen LogP contribution in [0.15, 0.2) is 30.3 Å². The lowest BCUT2D eigenvalue weighted by Crippen LogP contribution is -1.99. The van der Waals surface area contributed by atoms with E-state index in [4.69, 9.17) is 22.6 Å². The van der Waals surface area contributed by atoms with Gasteiger partial charge in [-0.15, -0.1) is 0 Å². The van der Waals surface area contributed by atoms with Gasteiger partial charge >= 0.3 is 0 Å². The molecular formula is C14H11ClFN3. The lowest BCUT2D eigenvalue weighted by molar-refractivity contribution is 0.629. The first kappa shape index (κ1) is 13.2. The predicted octanol–water partition coefficient (Wildman–Crippen LogP) is 3.99. The Morgan fingerprint density at radius 1 is 1.26 bits per heavy atom. The highest BCUT2D eigenvalue weighted by molar-refractivity contribution is 6.31. The lowest BCUT2D eigenvalue weighted by atomic mass is 10.1. The smallest absolute Gasteiger partial charge is 0.144 e. The Labute approximate surface area is 115 Å². The molecule has 0 heterocycles. The number of hydrogen-bond donors (Lipinski definition) is 2. The molecule has 0 atom stereocenters. The van der Waals surface area contributed by atoms with Gasteiger partial charge in [-0.2, -0.15) is 5.26 Å². The number of aryl methyl sites for hydroxylation is 1. The number of anilines is 3. The lowest BCUT2D eigenvalue weighted by Gasteiger charge is -2.12. The van der Waals surface area contributed by atoms with Crippen LogP contribution in [0.5, 0.6) is 0 Å². The number of halogens is 2. The minimum atomic E-state index is -0.549.